The van der Waals surface area contributed by atoms with Gasteiger partial charge in [0.15, 0.2) is 0 Å². The fraction of sp³-hybridized carbons (Fsp3) is 0.400. The molecule has 0 bridgehead atoms. The molecule has 5 heteroatoms. The normalized spacial score (nSPS) is 18.6. The predicted octanol–water partition coefficient (Wildman–Crippen LogP) is 3.50. The second-order valence-corrected chi connectivity index (χ2v) is 7.16. The van der Waals surface area contributed by atoms with Gasteiger partial charge in [0, 0.05) is 49.1 Å². The fourth-order valence-corrected chi connectivity index (χ4v) is 3.90. The van der Waals surface area contributed by atoms with Crippen LogP contribution in [0.3, 0.4) is 0 Å². The van der Waals surface area contributed by atoms with E-state index in [0.717, 1.165) is 19.6 Å². The lowest BCUT2D eigenvalue weighted by Crippen LogP contribution is -2.34. The molecule has 0 saturated carbocycles. The summed E-state index contributed by atoms with van der Waals surface area (Å²) in [4.78, 5) is 2.53. The molecule has 0 aliphatic carbocycles. The third-order valence-corrected chi connectivity index (χ3v) is 5.08. The Labute approximate surface area is 148 Å². The van der Waals surface area contributed by atoms with E-state index in [0.29, 0.717) is 5.92 Å². The molecular weight excluding hydrogens is 310 g/mol. The van der Waals surface area contributed by atoms with Crippen molar-refractivity contribution in [2.75, 3.05) is 13.1 Å². The monoisotopic (exact) mass is 335 g/mol. The van der Waals surface area contributed by atoms with E-state index in [2.05, 4.69) is 57.6 Å². The zero-order valence-corrected chi connectivity index (χ0v) is 14.9. The van der Waals surface area contributed by atoms with E-state index in [-0.39, 0.29) is 0 Å². The lowest BCUT2D eigenvalue weighted by molar-refractivity contribution is 0.198. The smallest absolute Gasteiger partial charge is 0.0568 e. The lowest BCUT2D eigenvalue weighted by atomic mass is 9.90. The summed E-state index contributed by atoms with van der Waals surface area (Å²) in [5, 5.41) is 11.9. The van der Waals surface area contributed by atoms with Crippen LogP contribution in [0.15, 0.2) is 42.9 Å². The molecule has 130 valence electrons. The van der Waals surface area contributed by atoms with Crippen LogP contribution < -0.4 is 0 Å². The minimum absolute atomic E-state index is 0.503. The minimum Gasteiger partial charge on any atom is -0.298 e. The van der Waals surface area contributed by atoms with E-state index >= 15 is 0 Å². The number of nitrogens with one attached hydrogen (secondary N) is 1. The van der Waals surface area contributed by atoms with Crippen LogP contribution in [0, 0.1) is 6.92 Å². The number of aromatic nitrogens is 4. The molecule has 0 amide bonds. The molecule has 2 aromatic heterocycles. The molecule has 1 fully saturated rings. The summed E-state index contributed by atoms with van der Waals surface area (Å²) in [6.45, 7) is 5.33. The molecule has 25 heavy (non-hydrogen) atoms. The quantitative estimate of drug-likeness (QED) is 0.794. The Morgan fingerprint density at radius 1 is 1.28 bits per heavy atom. The molecule has 3 heterocycles. The van der Waals surface area contributed by atoms with Gasteiger partial charge in [-0.2, -0.15) is 10.2 Å². The molecule has 1 N–H and O–H groups in total. The molecule has 0 spiro atoms. The molecule has 3 aromatic rings. The highest BCUT2D eigenvalue weighted by molar-refractivity contribution is 5.66. The Morgan fingerprint density at radius 3 is 3.00 bits per heavy atom. The Bertz CT molecular complexity index is 847. The van der Waals surface area contributed by atoms with E-state index < -0.39 is 0 Å². The first-order chi connectivity index (χ1) is 12.2. The maximum Gasteiger partial charge on any atom is 0.0568 e. The van der Waals surface area contributed by atoms with Gasteiger partial charge in [-0.15, -0.1) is 0 Å². The van der Waals surface area contributed by atoms with Crippen molar-refractivity contribution >= 4 is 0 Å². The summed E-state index contributed by atoms with van der Waals surface area (Å²) in [5.41, 5.74) is 6.35. The van der Waals surface area contributed by atoms with Gasteiger partial charge in [0.1, 0.15) is 0 Å². The number of likely N-dealkylation sites (tertiary alicyclic amines) is 1. The van der Waals surface area contributed by atoms with Crippen LogP contribution in [-0.2, 0) is 13.6 Å². The van der Waals surface area contributed by atoms with Gasteiger partial charge < -0.3 is 0 Å². The van der Waals surface area contributed by atoms with Crippen molar-refractivity contribution in [3.05, 3.63) is 59.7 Å². The minimum atomic E-state index is 0.503. The maximum atomic E-state index is 4.36. The summed E-state index contributed by atoms with van der Waals surface area (Å²) < 4.78 is 1.88. The molecule has 1 aromatic carbocycles. The number of rotatable bonds is 4. The van der Waals surface area contributed by atoms with Gasteiger partial charge in [0.05, 0.1) is 12.4 Å². The Balaban J connectivity index is 1.53. The van der Waals surface area contributed by atoms with Gasteiger partial charge in [0.2, 0.25) is 0 Å². The Hall–Kier alpha value is -2.40. The summed E-state index contributed by atoms with van der Waals surface area (Å²) in [5.74, 6) is 0.503. The molecule has 1 saturated heterocycles. The second kappa shape index (κ2) is 6.84. The number of hydrogen-bond acceptors (Lipinski definition) is 3. The summed E-state index contributed by atoms with van der Waals surface area (Å²) in [6.07, 6.45) is 8.49. The molecule has 5 nitrogen and oxygen atoms in total. The number of hydrogen-bond donors (Lipinski definition) is 1. The van der Waals surface area contributed by atoms with E-state index in [9.17, 15) is 0 Å². The number of H-pyrrole nitrogens is 1. The summed E-state index contributed by atoms with van der Waals surface area (Å²) >= 11 is 0. The van der Waals surface area contributed by atoms with Crippen LogP contribution in [0.25, 0.3) is 11.1 Å². The molecule has 0 radical (unpaired) electrons. The standard InChI is InChI=1S/C20H25N5/c1-15-5-3-6-17(9-15)19-11-21-23-20(19)18-7-4-8-25(14-18)13-16-10-22-24(2)12-16/h3,5-6,9-12,18H,4,7-8,13-14H2,1-2H3,(H,21,23). The van der Waals surface area contributed by atoms with Gasteiger partial charge in [0.25, 0.3) is 0 Å². The van der Waals surface area contributed by atoms with Crippen molar-refractivity contribution in [1.82, 2.24) is 24.9 Å². The van der Waals surface area contributed by atoms with Crippen molar-refractivity contribution in [3.8, 4) is 11.1 Å². The van der Waals surface area contributed by atoms with Crippen molar-refractivity contribution in [2.45, 2.75) is 32.2 Å². The molecule has 1 atom stereocenters. The van der Waals surface area contributed by atoms with Crippen molar-refractivity contribution < 1.29 is 0 Å². The first-order valence-electron chi connectivity index (χ1n) is 8.99. The third-order valence-electron chi connectivity index (χ3n) is 5.08. The second-order valence-electron chi connectivity index (χ2n) is 7.16. The average Bonchev–Trinajstić information content (AvgIpc) is 3.24. The van der Waals surface area contributed by atoms with Crippen molar-refractivity contribution in [1.29, 1.82) is 0 Å². The molecular formula is C20H25N5. The highest BCUT2D eigenvalue weighted by Gasteiger charge is 2.25. The first-order valence-corrected chi connectivity index (χ1v) is 8.99. The van der Waals surface area contributed by atoms with Gasteiger partial charge in [-0.3, -0.25) is 14.7 Å². The Kier molecular flexibility index (Phi) is 4.40. The first kappa shape index (κ1) is 16.1. The highest BCUT2D eigenvalue weighted by Crippen LogP contribution is 2.33. The van der Waals surface area contributed by atoms with Gasteiger partial charge in [-0.25, -0.2) is 0 Å². The number of piperidine rings is 1. The van der Waals surface area contributed by atoms with Crippen molar-refractivity contribution in [2.24, 2.45) is 7.05 Å². The Morgan fingerprint density at radius 2 is 2.20 bits per heavy atom. The number of nitrogens with zero attached hydrogens (tertiary/aromatic N) is 4. The lowest BCUT2D eigenvalue weighted by Gasteiger charge is -2.32. The summed E-state index contributed by atoms with van der Waals surface area (Å²) in [6, 6.07) is 8.68. The predicted molar refractivity (Wildman–Crippen MR) is 99.2 cm³/mol. The number of benzene rings is 1. The van der Waals surface area contributed by atoms with Crippen LogP contribution in [0.5, 0.6) is 0 Å². The zero-order chi connectivity index (χ0) is 17.2. The van der Waals surface area contributed by atoms with Crippen LogP contribution >= 0.6 is 0 Å². The third kappa shape index (κ3) is 3.51. The zero-order valence-electron chi connectivity index (χ0n) is 14.9. The van der Waals surface area contributed by atoms with E-state index in [4.69, 9.17) is 0 Å². The average molecular weight is 335 g/mol. The molecule has 1 aliphatic rings. The van der Waals surface area contributed by atoms with Crippen LogP contribution in [0.1, 0.15) is 35.6 Å². The largest absolute Gasteiger partial charge is 0.298 e. The molecule has 4 rings (SSSR count). The van der Waals surface area contributed by atoms with E-state index in [1.54, 1.807) is 0 Å². The molecule has 1 unspecified atom stereocenters. The van der Waals surface area contributed by atoms with Gasteiger partial charge in [-0.1, -0.05) is 29.8 Å². The highest BCUT2D eigenvalue weighted by atomic mass is 15.2. The fourth-order valence-electron chi connectivity index (χ4n) is 3.90. The van der Waals surface area contributed by atoms with E-state index in [1.807, 2.05) is 24.1 Å². The van der Waals surface area contributed by atoms with Gasteiger partial charge >= 0.3 is 0 Å². The maximum absolute atomic E-state index is 4.36. The van der Waals surface area contributed by atoms with Crippen LogP contribution in [0.4, 0.5) is 0 Å². The number of aromatic amines is 1. The number of aryl methyl sites for hydroxylation is 2. The molecule has 1 aliphatic heterocycles. The van der Waals surface area contributed by atoms with Crippen molar-refractivity contribution in [3.63, 3.8) is 0 Å². The van der Waals surface area contributed by atoms with Crippen LogP contribution in [0.2, 0.25) is 0 Å². The topological polar surface area (TPSA) is 49.7 Å². The SMILES string of the molecule is Cc1cccc(-c2cn[nH]c2C2CCCN(Cc3cnn(C)c3)C2)c1. The summed E-state index contributed by atoms with van der Waals surface area (Å²) in [7, 11) is 1.97. The van der Waals surface area contributed by atoms with Gasteiger partial charge in [-0.05, 0) is 31.9 Å². The van der Waals surface area contributed by atoms with E-state index in [1.165, 1.54) is 40.8 Å². The van der Waals surface area contributed by atoms with Crippen LogP contribution in [-0.4, -0.2) is 38.0 Å².